The molecule has 0 fully saturated rings. The van der Waals surface area contributed by atoms with Crippen LogP contribution in [0, 0.1) is 3.70 Å². The lowest BCUT2D eigenvalue weighted by Gasteiger charge is -2.12. The molecule has 2 nitrogen and oxygen atoms in total. The van der Waals surface area contributed by atoms with Gasteiger partial charge in [-0.1, -0.05) is 11.6 Å². The Morgan fingerprint density at radius 3 is 2.55 bits per heavy atom. The zero-order chi connectivity index (χ0) is 8.43. The first kappa shape index (κ1) is 9.06. The van der Waals surface area contributed by atoms with E-state index in [2.05, 4.69) is 27.6 Å². The summed E-state index contributed by atoms with van der Waals surface area (Å²) in [5.41, 5.74) is 1.08. The molecule has 0 unspecified atom stereocenters. The summed E-state index contributed by atoms with van der Waals surface area (Å²) < 4.78 is 0.916. The van der Waals surface area contributed by atoms with Gasteiger partial charge in [0, 0.05) is 19.8 Å². The van der Waals surface area contributed by atoms with Gasteiger partial charge in [-0.25, -0.2) is 4.98 Å². The van der Waals surface area contributed by atoms with Gasteiger partial charge >= 0.3 is 0 Å². The first-order valence-corrected chi connectivity index (χ1v) is 4.55. The minimum Gasteiger partial charge on any atom is -0.377 e. The first-order valence-electron chi connectivity index (χ1n) is 3.10. The van der Waals surface area contributed by atoms with Gasteiger partial charge in [-0.05, 0) is 34.7 Å². The highest BCUT2D eigenvalue weighted by Gasteiger charge is 1.99. The van der Waals surface area contributed by atoms with Crippen LogP contribution in [0.25, 0.3) is 0 Å². The van der Waals surface area contributed by atoms with E-state index in [0.717, 1.165) is 9.39 Å². The second-order valence-corrected chi connectivity index (χ2v) is 3.86. The predicted octanol–water partition coefficient (Wildman–Crippen LogP) is 2.41. The van der Waals surface area contributed by atoms with E-state index in [1.165, 1.54) is 0 Å². The highest BCUT2D eigenvalue weighted by atomic mass is 127. The molecule has 11 heavy (non-hydrogen) atoms. The minimum atomic E-state index is 0.542. The molecule has 0 aliphatic carbocycles. The van der Waals surface area contributed by atoms with Crippen LogP contribution >= 0.6 is 34.2 Å². The van der Waals surface area contributed by atoms with Gasteiger partial charge in [0.1, 0.15) is 8.85 Å². The third-order valence-corrected chi connectivity index (χ3v) is 2.01. The number of pyridine rings is 1. The van der Waals surface area contributed by atoms with Crippen molar-refractivity contribution in [1.82, 2.24) is 4.98 Å². The standard InChI is InChI=1S/C7H8ClIN2/c1-11(2)5-3-6(8)10-7(9)4-5/h3-4H,1-2H3. The molecule has 1 rings (SSSR count). The van der Waals surface area contributed by atoms with E-state index in [1.54, 1.807) is 0 Å². The Bertz CT molecular complexity index is 242. The van der Waals surface area contributed by atoms with Gasteiger partial charge in [-0.2, -0.15) is 0 Å². The molecular weight excluding hydrogens is 274 g/mol. The van der Waals surface area contributed by atoms with Gasteiger partial charge < -0.3 is 4.90 Å². The van der Waals surface area contributed by atoms with Crippen LogP contribution in [0.1, 0.15) is 0 Å². The number of nitrogens with zero attached hydrogens (tertiary/aromatic N) is 2. The average molecular weight is 283 g/mol. The molecule has 0 radical (unpaired) electrons. The van der Waals surface area contributed by atoms with Crippen molar-refractivity contribution in [3.8, 4) is 0 Å². The lowest BCUT2D eigenvalue weighted by Crippen LogP contribution is -2.08. The van der Waals surface area contributed by atoms with Crippen LogP contribution in [0.2, 0.25) is 5.15 Å². The molecule has 1 aromatic heterocycles. The lowest BCUT2D eigenvalue weighted by molar-refractivity contribution is 1.11. The fourth-order valence-corrected chi connectivity index (χ4v) is 1.63. The molecule has 0 atom stereocenters. The summed E-state index contributed by atoms with van der Waals surface area (Å²) in [7, 11) is 3.95. The summed E-state index contributed by atoms with van der Waals surface area (Å²) in [4.78, 5) is 6.04. The highest BCUT2D eigenvalue weighted by molar-refractivity contribution is 14.1. The maximum Gasteiger partial charge on any atom is 0.132 e. The summed E-state index contributed by atoms with van der Waals surface area (Å²) in [6.07, 6.45) is 0. The minimum absolute atomic E-state index is 0.542. The van der Waals surface area contributed by atoms with Gasteiger partial charge in [0.05, 0.1) is 0 Å². The molecule has 0 aliphatic rings. The van der Waals surface area contributed by atoms with Crippen molar-refractivity contribution >= 4 is 39.9 Å². The summed E-state index contributed by atoms with van der Waals surface area (Å²) in [6, 6.07) is 3.82. The zero-order valence-electron chi connectivity index (χ0n) is 6.31. The van der Waals surface area contributed by atoms with Crippen LogP contribution < -0.4 is 4.90 Å². The van der Waals surface area contributed by atoms with Gasteiger partial charge in [0.25, 0.3) is 0 Å². The number of rotatable bonds is 1. The van der Waals surface area contributed by atoms with E-state index >= 15 is 0 Å². The van der Waals surface area contributed by atoms with Crippen LogP contribution in [-0.4, -0.2) is 19.1 Å². The molecule has 1 heterocycles. The van der Waals surface area contributed by atoms with Crippen molar-refractivity contribution in [3.63, 3.8) is 0 Å². The van der Waals surface area contributed by atoms with Crippen molar-refractivity contribution in [3.05, 3.63) is 21.0 Å². The summed E-state index contributed by atoms with van der Waals surface area (Å²) >= 11 is 7.89. The molecule has 0 aromatic carbocycles. The Kier molecular flexibility index (Phi) is 2.95. The third kappa shape index (κ3) is 2.48. The largest absolute Gasteiger partial charge is 0.377 e. The average Bonchev–Trinajstić information content (AvgIpc) is 1.85. The molecule has 60 valence electrons. The summed E-state index contributed by atoms with van der Waals surface area (Å²) in [5, 5.41) is 0.542. The highest BCUT2D eigenvalue weighted by Crippen LogP contribution is 2.18. The van der Waals surface area contributed by atoms with E-state index in [4.69, 9.17) is 11.6 Å². The number of hydrogen-bond acceptors (Lipinski definition) is 2. The lowest BCUT2D eigenvalue weighted by atomic mass is 10.4. The molecule has 4 heteroatoms. The number of hydrogen-bond donors (Lipinski definition) is 0. The second kappa shape index (κ2) is 3.58. The van der Waals surface area contributed by atoms with Gasteiger partial charge in [0.15, 0.2) is 0 Å². The topological polar surface area (TPSA) is 16.1 Å². The number of halogens is 2. The molecule has 0 amide bonds. The fourth-order valence-electron chi connectivity index (χ4n) is 0.711. The van der Waals surface area contributed by atoms with E-state index < -0.39 is 0 Å². The van der Waals surface area contributed by atoms with Crippen LogP contribution in [-0.2, 0) is 0 Å². The Morgan fingerprint density at radius 2 is 2.09 bits per heavy atom. The first-order chi connectivity index (χ1) is 5.09. The molecule has 0 saturated carbocycles. The fraction of sp³-hybridized carbons (Fsp3) is 0.286. The molecule has 1 aromatic rings. The summed E-state index contributed by atoms with van der Waals surface area (Å²) in [6.45, 7) is 0. The summed E-state index contributed by atoms with van der Waals surface area (Å²) in [5.74, 6) is 0. The van der Waals surface area contributed by atoms with Crippen LogP contribution in [0.5, 0.6) is 0 Å². The Hall–Kier alpha value is -0.0300. The molecule has 0 spiro atoms. The van der Waals surface area contributed by atoms with Crippen molar-refractivity contribution in [2.45, 2.75) is 0 Å². The predicted molar refractivity (Wildman–Crippen MR) is 56.3 cm³/mol. The Morgan fingerprint density at radius 1 is 1.45 bits per heavy atom. The third-order valence-electron chi connectivity index (χ3n) is 1.26. The van der Waals surface area contributed by atoms with Crippen LogP contribution in [0.3, 0.4) is 0 Å². The monoisotopic (exact) mass is 282 g/mol. The van der Waals surface area contributed by atoms with Crippen LogP contribution in [0.15, 0.2) is 12.1 Å². The quantitative estimate of drug-likeness (QED) is 0.581. The van der Waals surface area contributed by atoms with Crippen molar-refractivity contribution < 1.29 is 0 Å². The Labute approximate surface area is 84.7 Å². The van der Waals surface area contributed by atoms with Gasteiger partial charge in [0.2, 0.25) is 0 Å². The smallest absolute Gasteiger partial charge is 0.132 e. The molecular formula is C7H8ClIN2. The zero-order valence-corrected chi connectivity index (χ0v) is 9.22. The molecule has 0 bridgehead atoms. The van der Waals surface area contributed by atoms with E-state index in [9.17, 15) is 0 Å². The normalized spacial score (nSPS) is 9.82. The number of aromatic nitrogens is 1. The van der Waals surface area contributed by atoms with E-state index in [1.807, 2.05) is 31.1 Å². The molecule has 0 N–H and O–H groups in total. The van der Waals surface area contributed by atoms with Crippen molar-refractivity contribution in [2.75, 3.05) is 19.0 Å². The number of anilines is 1. The molecule has 0 saturated heterocycles. The van der Waals surface area contributed by atoms with Crippen molar-refractivity contribution in [2.24, 2.45) is 0 Å². The van der Waals surface area contributed by atoms with Crippen LogP contribution in [0.4, 0.5) is 5.69 Å². The second-order valence-electron chi connectivity index (χ2n) is 2.37. The van der Waals surface area contributed by atoms with Gasteiger partial charge in [-0.3, -0.25) is 0 Å². The van der Waals surface area contributed by atoms with Gasteiger partial charge in [-0.15, -0.1) is 0 Å². The van der Waals surface area contributed by atoms with Crippen molar-refractivity contribution in [1.29, 1.82) is 0 Å². The van der Waals surface area contributed by atoms with E-state index in [-0.39, 0.29) is 0 Å². The maximum absolute atomic E-state index is 5.75. The maximum atomic E-state index is 5.75. The SMILES string of the molecule is CN(C)c1cc(Cl)nc(I)c1. The molecule has 0 aliphatic heterocycles. The Balaban J connectivity index is 3.08. The van der Waals surface area contributed by atoms with E-state index in [0.29, 0.717) is 5.15 Å².